The highest BCUT2D eigenvalue weighted by atomic mass is 16.4. The molecular formula is C20H25NO3. The maximum atomic E-state index is 12.3. The number of hydrogen-bond donors (Lipinski definition) is 2. The van der Waals surface area contributed by atoms with E-state index in [-0.39, 0.29) is 11.5 Å². The molecule has 0 spiro atoms. The molecule has 128 valence electrons. The molecule has 0 bridgehead atoms. The van der Waals surface area contributed by atoms with Crippen LogP contribution in [0, 0.1) is 0 Å². The summed E-state index contributed by atoms with van der Waals surface area (Å²) < 4.78 is 0. The number of carbonyl (C=O) groups excluding carboxylic acids is 1. The van der Waals surface area contributed by atoms with Crippen LogP contribution in [0.1, 0.15) is 66.2 Å². The second-order valence-electron chi connectivity index (χ2n) is 6.07. The largest absolute Gasteiger partial charge is 0.478 e. The first-order valence-electron chi connectivity index (χ1n) is 8.67. The summed E-state index contributed by atoms with van der Waals surface area (Å²) in [7, 11) is 0. The van der Waals surface area contributed by atoms with Gasteiger partial charge in [0.05, 0.1) is 5.56 Å². The van der Waals surface area contributed by atoms with Crippen LogP contribution in [0.4, 0.5) is 0 Å². The van der Waals surface area contributed by atoms with E-state index in [0.29, 0.717) is 17.5 Å². The number of fused-ring (bicyclic) bond motifs is 1. The van der Waals surface area contributed by atoms with Crippen molar-refractivity contribution in [3.8, 4) is 0 Å². The van der Waals surface area contributed by atoms with Crippen molar-refractivity contribution in [2.75, 3.05) is 6.54 Å². The summed E-state index contributed by atoms with van der Waals surface area (Å²) in [4.78, 5) is 23.7. The van der Waals surface area contributed by atoms with E-state index in [0.717, 1.165) is 18.2 Å². The lowest BCUT2D eigenvalue weighted by Gasteiger charge is -2.09. The van der Waals surface area contributed by atoms with Crippen molar-refractivity contribution in [1.29, 1.82) is 0 Å². The van der Waals surface area contributed by atoms with Crippen LogP contribution in [-0.2, 0) is 0 Å². The summed E-state index contributed by atoms with van der Waals surface area (Å²) in [5.41, 5.74) is 0.565. The van der Waals surface area contributed by atoms with Crippen molar-refractivity contribution < 1.29 is 14.7 Å². The molecule has 0 atom stereocenters. The summed E-state index contributed by atoms with van der Waals surface area (Å²) >= 11 is 0. The molecule has 4 heteroatoms. The number of amides is 1. The van der Waals surface area contributed by atoms with Gasteiger partial charge in [0.25, 0.3) is 5.91 Å². The Morgan fingerprint density at radius 2 is 1.71 bits per heavy atom. The monoisotopic (exact) mass is 327 g/mol. The molecule has 2 aromatic rings. The molecule has 2 N–H and O–H groups in total. The first-order valence-corrected chi connectivity index (χ1v) is 8.67. The van der Waals surface area contributed by atoms with Crippen LogP contribution in [0.15, 0.2) is 36.4 Å². The summed E-state index contributed by atoms with van der Waals surface area (Å²) in [6.45, 7) is 2.81. The molecule has 1 amide bonds. The van der Waals surface area contributed by atoms with E-state index < -0.39 is 5.97 Å². The van der Waals surface area contributed by atoms with Gasteiger partial charge in [-0.05, 0) is 29.3 Å². The molecule has 0 aliphatic heterocycles. The average Bonchev–Trinajstić information content (AvgIpc) is 2.59. The Labute approximate surface area is 142 Å². The van der Waals surface area contributed by atoms with Gasteiger partial charge < -0.3 is 10.4 Å². The van der Waals surface area contributed by atoms with Gasteiger partial charge in [-0.2, -0.15) is 0 Å². The molecule has 2 aromatic carbocycles. The lowest BCUT2D eigenvalue weighted by molar-refractivity contribution is 0.0699. The van der Waals surface area contributed by atoms with Gasteiger partial charge in [-0.15, -0.1) is 0 Å². The van der Waals surface area contributed by atoms with Gasteiger partial charge in [0.15, 0.2) is 0 Å². The first-order chi connectivity index (χ1) is 11.6. The van der Waals surface area contributed by atoms with Gasteiger partial charge in [-0.1, -0.05) is 63.3 Å². The number of carbonyl (C=O) groups is 2. The van der Waals surface area contributed by atoms with Crippen molar-refractivity contribution in [1.82, 2.24) is 5.32 Å². The second kappa shape index (κ2) is 9.06. The minimum absolute atomic E-state index is 0.165. The fraction of sp³-hybridized carbons (Fsp3) is 0.400. The minimum atomic E-state index is -1.02. The fourth-order valence-electron chi connectivity index (χ4n) is 2.83. The Hall–Kier alpha value is -2.36. The molecule has 0 aliphatic carbocycles. The van der Waals surface area contributed by atoms with Gasteiger partial charge >= 0.3 is 5.97 Å². The molecule has 0 heterocycles. The van der Waals surface area contributed by atoms with E-state index in [4.69, 9.17) is 0 Å². The molecule has 0 unspecified atom stereocenters. The molecule has 0 aromatic heterocycles. The predicted octanol–water partition coefficient (Wildman–Crippen LogP) is 4.63. The Kier molecular flexibility index (Phi) is 6.79. The smallest absolute Gasteiger partial charge is 0.336 e. The number of aromatic carboxylic acids is 1. The Morgan fingerprint density at radius 3 is 2.46 bits per heavy atom. The van der Waals surface area contributed by atoms with Gasteiger partial charge in [0.2, 0.25) is 0 Å². The lowest BCUT2D eigenvalue weighted by Crippen LogP contribution is -2.24. The second-order valence-corrected chi connectivity index (χ2v) is 6.07. The highest BCUT2D eigenvalue weighted by molar-refractivity contribution is 6.08. The van der Waals surface area contributed by atoms with E-state index in [2.05, 4.69) is 12.2 Å². The van der Waals surface area contributed by atoms with Crippen molar-refractivity contribution in [2.24, 2.45) is 0 Å². The van der Waals surface area contributed by atoms with E-state index in [1.165, 1.54) is 31.7 Å². The van der Waals surface area contributed by atoms with Crippen molar-refractivity contribution in [3.63, 3.8) is 0 Å². The standard InChI is InChI=1S/C20H25NO3/c1-2-3-4-5-6-9-12-21-19(22)16-13-15-10-7-8-11-17(15)18(14-16)20(23)24/h7-8,10-11,13-14H,2-6,9,12H2,1H3,(H,21,22)(H,23,24). The highest BCUT2D eigenvalue weighted by Crippen LogP contribution is 2.21. The van der Waals surface area contributed by atoms with Crippen LogP contribution in [0.2, 0.25) is 0 Å². The van der Waals surface area contributed by atoms with Gasteiger partial charge in [-0.25, -0.2) is 4.79 Å². The summed E-state index contributed by atoms with van der Waals surface area (Å²) in [6, 6.07) is 10.4. The number of carboxylic acids is 1. The maximum Gasteiger partial charge on any atom is 0.336 e. The number of hydrogen-bond acceptors (Lipinski definition) is 2. The van der Waals surface area contributed by atoms with E-state index >= 15 is 0 Å². The number of benzene rings is 2. The Morgan fingerprint density at radius 1 is 1.00 bits per heavy atom. The van der Waals surface area contributed by atoms with Gasteiger partial charge in [-0.3, -0.25) is 4.79 Å². The SMILES string of the molecule is CCCCCCCCNC(=O)c1cc(C(=O)O)c2ccccc2c1. The number of rotatable bonds is 9. The molecule has 0 radical (unpaired) electrons. The zero-order valence-corrected chi connectivity index (χ0v) is 14.2. The van der Waals surface area contributed by atoms with Crippen molar-refractivity contribution in [2.45, 2.75) is 45.4 Å². The summed E-state index contributed by atoms with van der Waals surface area (Å²) in [5.74, 6) is -1.23. The third-order valence-electron chi connectivity index (χ3n) is 4.17. The number of carboxylic acid groups (broad SMARTS) is 1. The first kappa shape index (κ1) is 18.0. The predicted molar refractivity (Wildman–Crippen MR) is 96.6 cm³/mol. The van der Waals surface area contributed by atoms with E-state index in [1.54, 1.807) is 18.2 Å². The van der Waals surface area contributed by atoms with Crippen molar-refractivity contribution >= 4 is 22.6 Å². The molecule has 0 saturated carbocycles. The molecule has 0 fully saturated rings. The van der Waals surface area contributed by atoms with Crippen LogP contribution >= 0.6 is 0 Å². The number of nitrogens with one attached hydrogen (secondary N) is 1. The van der Waals surface area contributed by atoms with Crippen LogP contribution in [-0.4, -0.2) is 23.5 Å². The van der Waals surface area contributed by atoms with Crippen LogP contribution in [0.5, 0.6) is 0 Å². The van der Waals surface area contributed by atoms with Crippen molar-refractivity contribution in [3.05, 3.63) is 47.5 Å². The minimum Gasteiger partial charge on any atom is -0.478 e. The lowest BCUT2D eigenvalue weighted by atomic mass is 10.0. The van der Waals surface area contributed by atoms with Crippen LogP contribution in [0.25, 0.3) is 10.8 Å². The zero-order chi connectivity index (χ0) is 17.4. The molecule has 0 saturated heterocycles. The third-order valence-corrected chi connectivity index (χ3v) is 4.17. The zero-order valence-electron chi connectivity index (χ0n) is 14.2. The Balaban J connectivity index is 1.98. The normalized spacial score (nSPS) is 10.7. The molecule has 24 heavy (non-hydrogen) atoms. The van der Waals surface area contributed by atoms with E-state index in [9.17, 15) is 14.7 Å². The quantitative estimate of drug-likeness (QED) is 0.660. The van der Waals surface area contributed by atoms with Gasteiger partial charge in [0.1, 0.15) is 0 Å². The number of unbranched alkanes of at least 4 members (excludes halogenated alkanes) is 5. The molecule has 0 aliphatic rings. The van der Waals surface area contributed by atoms with E-state index in [1.807, 2.05) is 12.1 Å². The Bertz CT molecular complexity index is 709. The van der Waals surface area contributed by atoms with Crippen LogP contribution in [0.3, 0.4) is 0 Å². The van der Waals surface area contributed by atoms with Gasteiger partial charge in [0, 0.05) is 12.1 Å². The average molecular weight is 327 g/mol. The summed E-state index contributed by atoms with van der Waals surface area (Å²) in [5, 5.41) is 13.7. The maximum absolute atomic E-state index is 12.3. The molecule has 2 rings (SSSR count). The topological polar surface area (TPSA) is 66.4 Å². The third kappa shape index (κ3) is 4.82. The fourth-order valence-corrected chi connectivity index (χ4v) is 2.83. The van der Waals surface area contributed by atoms with Crippen LogP contribution < -0.4 is 5.32 Å². The highest BCUT2D eigenvalue weighted by Gasteiger charge is 2.13. The molecule has 4 nitrogen and oxygen atoms in total. The molecular weight excluding hydrogens is 302 g/mol. The summed E-state index contributed by atoms with van der Waals surface area (Å²) in [6.07, 6.45) is 7.00.